The van der Waals surface area contributed by atoms with E-state index in [0.29, 0.717) is 17.5 Å². The number of carbonyl (C=O) groups excluding carboxylic acids is 1. The Hall–Kier alpha value is -3.12. The Morgan fingerprint density at radius 3 is 2.50 bits per heavy atom. The zero-order valence-electron chi connectivity index (χ0n) is 18.6. The molecule has 0 aliphatic carbocycles. The van der Waals surface area contributed by atoms with Crippen molar-refractivity contribution in [2.75, 3.05) is 51.3 Å². The second-order valence-corrected chi connectivity index (χ2v) is 8.64. The number of carbonyl (C=O) groups is 1. The van der Waals surface area contributed by atoms with Gasteiger partial charge in [-0.3, -0.25) is 9.69 Å². The zero-order valence-corrected chi connectivity index (χ0v) is 18.6. The number of likely N-dealkylation sites (tertiary alicyclic amines) is 1. The van der Waals surface area contributed by atoms with Crippen molar-refractivity contribution >= 4 is 22.5 Å². The largest absolute Gasteiger partial charge is 0.481 e. The van der Waals surface area contributed by atoms with Crippen LogP contribution < -0.4 is 9.64 Å². The van der Waals surface area contributed by atoms with Gasteiger partial charge >= 0.3 is 0 Å². The summed E-state index contributed by atoms with van der Waals surface area (Å²) in [6.07, 6.45) is 2.19. The van der Waals surface area contributed by atoms with Crippen LogP contribution in [0.5, 0.6) is 5.88 Å². The highest BCUT2D eigenvalue weighted by Crippen LogP contribution is 2.26. The van der Waals surface area contributed by atoms with E-state index in [1.807, 2.05) is 29.2 Å². The normalized spacial score (nSPS) is 19.8. The van der Waals surface area contributed by atoms with E-state index in [0.717, 1.165) is 63.0 Å². The minimum atomic E-state index is 0.0783. The van der Waals surface area contributed by atoms with Crippen LogP contribution >= 0.6 is 0 Å². The van der Waals surface area contributed by atoms with Crippen LogP contribution in [0.25, 0.3) is 10.9 Å². The maximum absolute atomic E-state index is 13.6. The van der Waals surface area contributed by atoms with Gasteiger partial charge in [-0.05, 0) is 31.0 Å². The number of aromatic nitrogens is 1. The van der Waals surface area contributed by atoms with Crippen LogP contribution in [0.2, 0.25) is 0 Å². The Bertz CT molecular complexity index is 1080. The molecule has 1 atom stereocenters. The molecule has 3 aromatic rings. The third-order valence-corrected chi connectivity index (χ3v) is 6.77. The van der Waals surface area contributed by atoms with Gasteiger partial charge in [0.05, 0.1) is 18.2 Å². The molecule has 6 heteroatoms. The smallest absolute Gasteiger partial charge is 0.254 e. The van der Waals surface area contributed by atoms with Gasteiger partial charge < -0.3 is 14.5 Å². The predicted molar refractivity (Wildman–Crippen MR) is 127 cm³/mol. The predicted octanol–water partition coefficient (Wildman–Crippen LogP) is 3.67. The maximum atomic E-state index is 13.6. The van der Waals surface area contributed by atoms with E-state index >= 15 is 0 Å². The number of para-hydroxylation sites is 2. The lowest BCUT2D eigenvalue weighted by Gasteiger charge is -2.44. The second-order valence-electron chi connectivity index (χ2n) is 8.64. The molecule has 2 aliphatic rings. The Balaban J connectivity index is 1.29. The van der Waals surface area contributed by atoms with Gasteiger partial charge in [-0.2, -0.15) is 0 Å². The highest BCUT2D eigenvalue weighted by atomic mass is 16.5. The summed E-state index contributed by atoms with van der Waals surface area (Å²) in [6.45, 7) is 5.71. The number of amides is 1. The molecule has 0 spiro atoms. The molecule has 2 saturated heterocycles. The summed E-state index contributed by atoms with van der Waals surface area (Å²) < 4.78 is 5.37. The molecule has 0 N–H and O–H groups in total. The van der Waals surface area contributed by atoms with Gasteiger partial charge in [0.25, 0.3) is 5.91 Å². The van der Waals surface area contributed by atoms with Crippen molar-refractivity contribution < 1.29 is 9.53 Å². The monoisotopic (exact) mass is 430 g/mol. The van der Waals surface area contributed by atoms with Crippen molar-refractivity contribution in [1.29, 1.82) is 0 Å². The fourth-order valence-corrected chi connectivity index (χ4v) is 5.02. The number of piperazine rings is 1. The average molecular weight is 431 g/mol. The first-order valence-electron chi connectivity index (χ1n) is 11.5. The molecule has 3 heterocycles. The van der Waals surface area contributed by atoms with Crippen molar-refractivity contribution in [1.82, 2.24) is 14.8 Å². The second kappa shape index (κ2) is 9.17. The summed E-state index contributed by atoms with van der Waals surface area (Å²) in [4.78, 5) is 25.1. The number of benzene rings is 2. The van der Waals surface area contributed by atoms with Crippen LogP contribution in [-0.4, -0.2) is 73.1 Å². The minimum absolute atomic E-state index is 0.0783. The molecule has 5 rings (SSSR count). The topological polar surface area (TPSA) is 48.9 Å². The Morgan fingerprint density at radius 1 is 0.969 bits per heavy atom. The average Bonchev–Trinajstić information content (AvgIpc) is 2.88. The van der Waals surface area contributed by atoms with Gasteiger partial charge in [0.1, 0.15) is 0 Å². The first-order valence-corrected chi connectivity index (χ1v) is 11.5. The minimum Gasteiger partial charge on any atom is -0.481 e. The van der Waals surface area contributed by atoms with E-state index in [2.05, 4.69) is 45.1 Å². The maximum Gasteiger partial charge on any atom is 0.254 e. The molecule has 1 aromatic heterocycles. The van der Waals surface area contributed by atoms with E-state index in [4.69, 9.17) is 4.74 Å². The summed E-state index contributed by atoms with van der Waals surface area (Å²) in [6, 6.07) is 20.6. The molecule has 0 unspecified atom stereocenters. The summed E-state index contributed by atoms with van der Waals surface area (Å²) >= 11 is 0. The molecule has 0 bridgehead atoms. The quantitative estimate of drug-likeness (QED) is 0.632. The Kier molecular flexibility index (Phi) is 5.95. The van der Waals surface area contributed by atoms with E-state index < -0.39 is 0 Å². The lowest BCUT2D eigenvalue weighted by atomic mass is 10.0. The summed E-state index contributed by atoms with van der Waals surface area (Å²) in [5, 5.41) is 0.886. The number of piperidine rings is 1. The lowest BCUT2D eigenvalue weighted by Crippen LogP contribution is -2.55. The molecular weight excluding hydrogens is 400 g/mol. The Morgan fingerprint density at radius 2 is 1.72 bits per heavy atom. The summed E-state index contributed by atoms with van der Waals surface area (Å²) in [7, 11) is 1.59. The van der Waals surface area contributed by atoms with Gasteiger partial charge in [0, 0.05) is 62.5 Å². The van der Waals surface area contributed by atoms with Crippen LogP contribution in [0.3, 0.4) is 0 Å². The van der Waals surface area contributed by atoms with Crippen molar-refractivity contribution in [2.24, 2.45) is 0 Å². The van der Waals surface area contributed by atoms with Gasteiger partial charge in [-0.15, -0.1) is 0 Å². The Labute approximate surface area is 189 Å². The van der Waals surface area contributed by atoms with Gasteiger partial charge in [0.15, 0.2) is 0 Å². The van der Waals surface area contributed by atoms with Crippen LogP contribution in [0.4, 0.5) is 5.69 Å². The third kappa shape index (κ3) is 4.15. The molecular formula is C26H30N4O2. The number of hydrogen-bond acceptors (Lipinski definition) is 5. The van der Waals surface area contributed by atoms with E-state index in [9.17, 15) is 4.79 Å². The van der Waals surface area contributed by atoms with Crippen molar-refractivity contribution in [3.63, 3.8) is 0 Å². The van der Waals surface area contributed by atoms with Crippen molar-refractivity contribution in [3.8, 4) is 5.88 Å². The van der Waals surface area contributed by atoms with Crippen LogP contribution in [0.15, 0.2) is 60.7 Å². The van der Waals surface area contributed by atoms with Crippen LogP contribution in [-0.2, 0) is 0 Å². The first-order chi connectivity index (χ1) is 15.7. The molecule has 6 nitrogen and oxygen atoms in total. The number of ether oxygens (including phenoxy) is 1. The van der Waals surface area contributed by atoms with Crippen LogP contribution in [0.1, 0.15) is 23.2 Å². The van der Waals surface area contributed by atoms with E-state index in [-0.39, 0.29) is 5.91 Å². The number of rotatable bonds is 4. The highest BCUT2D eigenvalue weighted by Gasteiger charge is 2.31. The number of anilines is 1. The van der Waals surface area contributed by atoms with E-state index in [1.165, 1.54) is 5.69 Å². The van der Waals surface area contributed by atoms with E-state index in [1.54, 1.807) is 13.2 Å². The number of hydrogen-bond donors (Lipinski definition) is 0. The molecule has 32 heavy (non-hydrogen) atoms. The standard InChI is InChI=1S/C26H30N4O2/c1-32-25-18-23(22-11-5-6-12-24(22)27-25)26(31)30-13-7-10-21(19-30)29-16-14-28(15-17-29)20-8-3-2-4-9-20/h2-6,8-9,11-12,18,21H,7,10,13-17,19H2,1H3/t21-/m1/s1. The van der Waals surface area contributed by atoms with Crippen molar-refractivity contribution in [3.05, 3.63) is 66.2 Å². The molecule has 0 radical (unpaired) electrons. The zero-order chi connectivity index (χ0) is 21.9. The van der Waals surface area contributed by atoms with Crippen molar-refractivity contribution in [2.45, 2.75) is 18.9 Å². The SMILES string of the molecule is COc1cc(C(=O)N2CCC[C@@H](N3CCN(c4ccccc4)CC3)C2)c2ccccc2n1. The van der Waals surface area contributed by atoms with Crippen LogP contribution in [0, 0.1) is 0 Å². The van der Waals surface area contributed by atoms with Gasteiger partial charge in [0.2, 0.25) is 5.88 Å². The summed E-state index contributed by atoms with van der Waals surface area (Å²) in [5.74, 6) is 0.562. The number of pyridine rings is 1. The highest BCUT2D eigenvalue weighted by molar-refractivity contribution is 6.06. The number of nitrogens with zero attached hydrogens (tertiary/aromatic N) is 4. The molecule has 2 fully saturated rings. The molecule has 0 saturated carbocycles. The molecule has 1 amide bonds. The molecule has 166 valence electrons. The van der Waals surface area contributed by atoms with Gasteiger partial charge in [-0.1, -0.05) is 36.4 Å². The van der Waals surface area contributed by atoms with Gasteiger partial charge in [-0.25, -0.2) is 4.98 Å². The first kappa shape index (κ1) is 20.8. The lowest BCUT2D eigenvalue weighted by molar-refractivity contribution is 0.0565. The fraction of sp³-hybridized carbons (Fsp3) is 0.385. The number of methoxy groups -OCH3 is 1. The fourth-order valence-electron chi connectivity index (χ4n) is 5.02. The molecule has 2 aliphatic heterocycles. The summed E-state index contributed by atoms with van der Waals surface area (Å²) in [5.41, 5.74) is 2.77. The molecule has 2 aromatic carbocycles. The third-order valence-electron chi connectivity index (χ3n) is 6.77. The number of fused-ring (bicyclic) bond motifs is 1.